The molecule has 0 aromatic carbocycles. The first-order valence-corrected chi connectivity index (χ1v) is 6.48. The fraction of sp³-hybridized carbons (Fsp3) is 0.750. The topological polar surface area (TPSA) is 71.2 Å². The molecule has 0 aliphatic carbocycles. The third-order valence-electron chi connectivity index (χ3n) is 4.08. The van der Waals surface area contributed by atoms with Crippen LogP contribution in [0.4, 0.5) is 0 Å². The summed E-state index contributed by atoms with van der Waals surface area (Å²) in [6.45, 7) is 2.61. The van der Waals surface area contributed by atoms with Crippen LogP contribution in [0.5, 0.6) is 0 Å². The first-order valence-electron chi connectivity index (χ1n) is 6.48. The number of carboxylic acid groups (broad SMARTS) is 1. The summed E-state index contributed by atoms with van der Waals surface area (Å²) in [6.07, 6.45) is 2.50. The molecule has 2 unspecified atom stereocenters. The monoisotopic (exact) mass is 250 g/mol. The minimum Gasteiger partial charge on any atom is -0.481 e. The lowest BCUT2D eigenvalue weighted by Crippen LogP contribution is -2.28. The van der Waals surface area contributed by atoms with Gasteiger partial charge in [0.05, 0.1) is 5.92 Å². The molecule has 0 radical (unpaired) electrons. The number of nitrogens with zero attached hydrogens (tertiary/aromatic N) is 4. The number of likely N-dealkylation sites (tertiary alicyclic amines) is 1. The van der Waals surface area contributed by atoms with Gasteiger partial charge in [0.15, 0.2) is 0 Å². The van der Waals surface area contributed by atoms with Crippen LogP contribution in [0, 0.1) is 5.92 Å². The molecule has 0 bridgehead atoms. The Morgan fingerprint density at radius 3 is 2.83 bits per heavy atom. The lowest BCUT2D eigenvalue weighted by molar-refractivity contribution is -0.142. The van der Waals surface area contributed by atoms with Gasteiger partial charge in [0.25, 0.3) is 0 Å². The summed E-state index contributed by atoms with van der Waals surface area (Å²) in [6, 6.07) is 0. The van der Waals surface area contributed by atoms with E-state index in [2.05, 4.69) is 22.1 Å². The maximum Gasteiger partial charge on any atom is 0.308 e. The third-order valence-corrected chi connectivity index (χ3v) is 4.08. The molecule has 2 atom stereocenters. The summed E-state index contributed by atoms with van der Waals surface area (Å²) >= 11 is 0. The van der Waals surface area contributed by atoms with E-state index in [0.717, 1.165) is 37.6 Å². The quantitative estimate of drug-likeness (QED) is 0.819. The van der Waals surface area contributed by atoms with E-state index >= 15 is 0 Å². The first-order chi connectivity index (χ1) is 8.65. The van der Waals surface area contributed by atoms with E-state index in [9.17, 15) is 4.79 Å². The molecule has 1 aromatic heterocycles. The van der Waals surface area contributed by atoms with Crippen LogP contribution in [0.15, 0.2) is 0 Å². The maximum absolute atomic E-state index is 11.1. The van der Waals surface area contributed by atoms with Crippen LogP contribution in [0.25, 0.3) is 0 Å². The summed E-state index contributed by atoms with van der Waals surface area (Å²) in [5.41, 5.74) is 0. The highest BCUT2D eigenvalue weighted by atomic mass is 16.4. The Bertz CT molecular complexity index is 471. The minimum atomic E-state index is -0.705. The molecule has 6 heteroatoms. The van der Waals surface area contributed by atoms with Gasteiger partial charge in [-0.05, 0) is 26.4 Å². The zero-order chi connectivity index (χ0) is 12.7. The van der Waals surface area contributed by atoms with Crippen molar-refractivity contribution in [1.29, 1.82) is 0 Å². The van der Waals surface area contributed by atoms with Crippen molar-refractivity contribution in [3.8, 4) is 0 Å². The number of hydrogen-bond acceptors (Lipinski definition) is 4. The molecular weight excluding hydrogens is 232 g/mol. The number of rotatable bonds is 2. The molecule has 2 aliphatic heterocycles. The predicted octanol–water partition coefficient (Wildman–Crippen LogP) is 0.344. The van der Waals surface area contributed by atoms with Gasteiger partial charge in [0.2, 0.25) is 0 Å². The normalized spacial score (nSPS) is 28.3. The summed E-state index contributed by atoms with van der Waals surface area (Å²) in [5, 5.41) is 17.7. The minimum absolute atomic E-state index is 0.286. The van der Waals surface area contributed by atoms with Gasteiger partial charge < -0.3 is 14.6 Å². The molecule has 18 heavy (non-hydrogen) atoms. The number of aliphatic carboxylic acids is 1. The van der Waals surface area contributed by atoms with Gasteiger partial charge in [-0.3, -0.25) is 4.79 Å². The van der Waals surface area contributed by atoms with Gasteiger partial charge in [-0.15, -0.1) is 10.2 Å². The summed E-state index contributed by atoms with van der Waals surface area (Å²) in [5.74, 6) is 1.36. The average Bonchev–Trinajstić information content (AvgIpc) is 2.93. The number of fused-ring (bicyclic) bond motifs is 1. The Morgan fingerprint density at radius 2 is 2.17 bits per heavy atom. The number of carbonyl (C=O) groups is 1. The number of aryl methyl sites for hydroxylation is 1. The van der Waals surface area contributed by atoms with E-state index in [1.807, 2.05) is 4.57 Å². The average molecular weight is 250 g/mol. The Balaban J connectivity index is 1.85. The first kappa shape index (κ1) is 11.6. The van der Waals surface area contributed by atoms with E-state index in [0.29, 0.717) is 18.9 Å². The van der Waals surface area contributed by atoms with Crippen LogP contribution < -0.4 is 0 Å². The Morgan fingerprint density at radius 1 is 1.33 bits per heavy atom. The van der Waals surface area contributed by atoms with E-state index in [1.54, 1.807) is 0 Å². The van der Waals surface area contributed by atoms with Gasteiger partial charge in [-0.1, -0.05) is 0 Å². The van der Waals surface area contributed by atoms with Crippen molar-refractivity contribution in [2.75, 3.05) is 20.1 Å². The van der Waals surface area contributed by atoms with Crippen LogP contribution >= 0.6 is 0 Å². The molecule has 98 valence electrons. The van der Waals surface area contributed by atoms with Crippen molar-refractivity contribution in [1.82, 2.24) is 19.7 Å². The van der Waals surface area contributed by atoms with Crippen LogP contribution in [0.1, 0.15) is 30.4 Å². The van der Waals surface area contributed by atoms with Crippen molar-refractivity contribution < 1.29 is 9.90 Å². The highest BCUT2D eigenvalue weighted by Crippen LogP contribution is 2.28. The van der Waals surface area contributed by atoms with Crippen LogP contribution in [-0.4, -0.2) is 50.9 Å². The molecule has 0 amide bonds. The number of aromatic nitrogens is 3. The molecule has 3 heterocycles. The molecule has 1 fully saturated rings. The lowest BCUT2D eigenvalue weighted by atomic mass is 9.98. The fourth-order valence-electron chi connectivity index (χ4n) is 3.00. The van der Waals surface area contributed by atoms with Crippen molar-refractivity contribution in [2.24, 2.45) is 5.92 Å². The number of hydrogen-bond donors (Lipinski definition) is 1. The molecule has 1 aromatic rings. The fourth-order valence-corrected chi connectivity index (χ4v) is 3.00. The molecule has 0 saturated carbocycles. The van der Waals surface area contributed by atoms with Crippen molar-refractivity contribution in [3.05, 3.63) is 11.6 Å². The zero-order valence-corrected chi connectivity index (χ0v) is 10.5. The molecule has 2 aliphatic rings. The Kier molecular flexibility index (Phi) is 2.81. The van der Waals surface area contributed by atoms with Gasteiger partial charge in [0.1, 0.15) is 11.6 Å². The standard InChI is InChI=1S/C12H18N4O2/c1-15-5-4-8(6-15)11-14-13-10-3-2-9(12(17)18)7-16(10)11/h8-9H,2-7H2,1H3,(H,17,18). The molecule has 6 nitrogen and oxygen atoms in total. The van der Waals surface area contributed by atoms with E-state index in [-0.39, 0.29) is 5.92 Å². The molecule has 3 rings (SSSR count). The van der Waals surface area contributed by atoms with Crippen LogP contribution in [0.2, 0.25) is 0 Å². The van der Waals surface area contributed by atoms with Gasteiger partial charge >= 0.3 is 5.97 Å². The van der Waals surface area contributed by atoms with Crippen LogP contribution in [0.3, 0.4) is 0 Å². The van der Waals surface area contributed by atoms with E-state index in [4.69, 9.17) is 5.11 Å². The highest BCUT2D eigenvalue weighted by Gasteiger charge is 2.32. The molecular formula is C12H18N4O2. The SMILES string of the molecule is CN1CCC(c2nnc3n2CC(C(=O)O)CC3)C1. The second kappa shape index (κ2) is 4.35. The molecule has 1 saturated heterocycles. The summed E-state index contributed by atoms with van der Waals surface area (Å²) in [4.78, 5) is 13.4. The second-order valence-corrected chi connectivity index (χ2v) is 5.41. The number of likely N-dealkylation sites (N-methyl/N-ethyl adjacent to an activating group) is 1. The predicted molar refractivity (Wildman–Crippen MR) is 64.3 cm³/mol. The van der Waals surface area contributed by atoms with Gasteiger partial charge in [-0.2, -0.15) is 0 Å². The number of carboxylic acids is 1. The largest absolute Gasteiger partial charge is 0.481 e. The second-order valence-electron chi connectivity index (χ2n) is 5.41. The van der Waals surface area contributed by atoms with Gasteiger partial charge in [0, 0.05) is 25.4 Å². The highest BCUT2D eigenvalue weighted by molar-refractivity contribution is 5.70. The van der Waals surface area contributed by atoms with E-state index in [1.165, 1.54) is 0 Å². The smallest absolute Gasteiger partial charge is 0.308 e. The molecule has 1 N–H and O–H groups in total. The van der Waals surface area contributed by atoms with Crippen molar-refractivity contribution >= 4 is 5.97 Å². The molecule has 0 spiro atoms. The van der Waals surface area contributed by atoms with Crippen molar-refractivity contribution in [3.63, 3.8) is 0 Å². The zero-order valence-electron chi connectivity index (χ0n) is 10.5. The Hall–Kier alpha value is -1.43. The Labute approximate surface area is 106 Å². The van der Waals surface area contributed by atoms with Gasteiger partial charge in [-0.25, -0.2) is 0 Å². The maximum atomic E-state index is 11.1. The van der Waals surface area contributed by atoms with Crippen molar-refractivity contribution in [2.45, 2.75) is 31.7 Å². The summed E-state index contributed by atoms with van der Waals surface area (Å²) < 4.78 is 2.05. The summed E-state index contributed by atoms with van der Waals surface area (Å²) in [7, 11) is 2.10. The third kappa shape index (κ3) is 1.90. The van der Waals surface area contributed by atoms with E-state index < -0.39 is 5.97 Å². The lowest BCUT2D eigenvalue weighted by Gasteiger charge is -2.22. The van der Waals surface area contributed by atoms with Crippen LogP contribution in [-0.2, 0) is 17.8 Å².